The molecule has 0 aliphatic carbocycles. The minimum Gasteiger partial charge on any atom is -0.484 e. The maximum atomic E-state index is 11.2. The summed E-state index contributed by atoms with van der Waals surface area (Å²) in [5.41, 5.74) is 3.42. The van der Waals surface area contributed by atoms with Crippen LogP contribution in [-0.2, 0) is 22.4 Å². The SMILES string of the molecule is COC(=N)CCCc1ccc2c(c1)CCC(=O)N2. The molecule has 0 saturated carbocycles. The molecule has 0 bridgehead atoms. The molecule has 0 saturated heterocycles. The number of rotatable bonds is 4. The first-order valence-electron chi connectivity index (χ1n) is 6.22. The first-order chi connectivity index (χ1) is 8.69. The molecule has 4 heteroatoms. The molecule has 1 aromatic rings. The molecule has 0 radical (unpaired) electrons. The Bertz CT molecular complexity index is 469. The van der Waals surface area contributed by atoms with Gasteiger partial charge in [-0.25, -0.2) is 0 Å². The van der Waals surface area contributed by atoms with Crippen molar-refractivity contribution in [3.8, 4) is 0 Å². The van der Waals surface area contributed by atoms with Gasteiger partial charge in [-0.1, -0.05) is 12.1 Å². The molecule has 0 atom stereocenters. The van der Waals surface area contributed by atoms with Crippen LogP contribution < -0.4 is 5.32 Å². The third-order valence-corrected chi connectivity index (χ3v) is 3.18. The third-order valence-electron chi connectivity index (χ3n) is 3.18. The molecule has 0 aromatic heterocycles. The number of ether oxygens (including phenoxy) is 1. The Kier molecular flexibility index (Phi) is 3.97. The normalized spacial score (nSPS) is 13.7. The van der Waals surface area contributed by atoms with Gasteiger partial charge in [0.05, 0.1) is 7.11 Å². The summed E-state index contributed by atoms with van der Waals surface area (Å²) in [6, 6.07) is 6.18. The predicted octanol–water partition coefficient (Wildman–Crippen LogP) is 2.52. The average molecular weight is 246 g/mol. The minimum atomic E-state index is 0.101. The van der Waals surface area contributed by atoms with Crippen molar-refractivity contribution in [2.24, 2.45) is 0 Å². The molecule has 18 heavy (non-hydrogen) atoms. The summed E-state index contributed by atoms with van der Waals surface area (Å²) < 4.78 is 4.83. The molecule has 1 aliphatic rings. The fourth-order valence-electron chi connectivity index (χ4n) is 2.15. The van der Waals surface area contributed by atoms with Gasteiger partial charge < -0.3 is 10.1 Å². The molecule has 96 valence electrons. The second-order valence-electron chi connectivity index (χ2n) is 4.52. The van der Waals surface area contributed by atoms with Gasteiger partial charge in [0, 0.05) is 18.5 Å². The number of fused-ring (bicyclic) bond motifs is 1. The van der Waals surface area contributed by atoms with Gasteiger partial charge in [-0.3, -0.25) is 10.2 Å². The lowest BCUT2D eigenvalue weighted by atomic mass is 9.98. The molecular formula is C14H18N2O2. The van der Waals surface area contributed by atoms with Crippen molar-refractivity contribution in [2.45, 2.75) is 32.1 Å². The van der Waals surface area contributed by atoms with Crippen LogP contribution in [0, 0.1) is 5.41 Å². The highest BCUT2D eigenvalue weighted by Gasteiger charge is 2.14. The summed E-state index contributed by atoms with van der Waals surface area (Å²) in [7, 11) is 1.53. The molecular weight excluding hydrogens is 228 g/mol. The largest absolute Gasteiger partial charge is 0.484 e. The minimum absolute atomic E-state index is 0.101. The van der Waals surface area contributed by atoms with E-state index >= 15 is 0 Å². The fourth-order valence-corrected chi connectivity index (χ4v) is 2.15. The van der Waals surface area contributed by atoms with Crippen LogP contribution in [0.2, 0.25) is 0 Å². The van der Waals surface area contributed by atoms with Crippen LogP contribution in [0.4, 0.5) is 5.69 Å². The van der Waals surface area contributed by atoms with Crippen molar-refractivity contribution in [3.63, 3.8) is 0 Å². The summed E-state index contributed by atoms with van der Waals surface area (Å²) in [6.45, 7) is 0. The standard InChI is InChI=1S/C14H18N2O2/c1-18-13(15)4-2-3-10-5-7-12-11(9-10)6-8-14(17)16-12/h5,7,9,15H,2-4,6,8H2,1H3,(H,16,17). The molecule has 2 N–H and O–H groups in total. The van der Waals surface area contributed by atoms with E-state index in [0.717, 1.165) is 24.9 Å². The number of anilines is 1. The Morgan fingerprint density at radius 3 is 3.06 bits per heavy atom. The molecule has 2 rings (SSSR count). The molecule has 4 nitrogen and oxygen atoms in total. The number of carbonyl (C=O) groups is 1. The Labute approximate surface area is 107 Å². The summed E-state index contributed by atoms with van der Waals surface area (Å²) in [4.78, 5) is 11.2. The van der Waals surface area contributed by atoms with Crippen molar-refractivity contribution in [1.82, 2.24) is 0 Å². The van der Waals surface area contributed by atoms with Gasteiger partial charge in [0.1, 0.15) is 0 Å². The van der Waals surface area contributed by atoms with E-state index < -0.39 is 0 Å². The highest BCUT2D eigenvalue weighted by Crippen LogP contribution is 2.24. The van der Waals surface area contributed by atoms with Crippen molar-refractivity contribution in [2.75, 3.05) is 12.4 Å². The highest BCUT2D eigenvalue weighted by atomic mass is 16.5. The van der Waals surface area contributed by atoms with E-state index in [2.05, 4.69) is 11.4 Å². The zero-order chi connectivity index (χ0) is 13.0. The van der Waals surface area contributed by atoms with Crippen LogP contribution in [0.1, 0.15) is 30.4 Å². The van der Waals surface area contributed by atoms with Gasteiger partial charge in [-0.05, 0) is 36.5 Å². The topological polar surface area (TPSA) is 62.2 Å². The number of amides is 1. The smallest absolute Gasteiger partial charge is 0.224 e. The monoisotopic (exact) mass is 246 g/mol. The molecule has 1 aliphatic heterocycles. The molecule has 1 aromatic carbocycles. The maximum Gasteiger partial charge on any atom is 0.224 e. The summed E-state index contributed by atoms with van der Waals surface area (Å²) in [5, 5.41) is 10.3. The quantitative estimate of drug-likeness (QED) is 0.633. The Balaban J connectivity index is 1.95. The van der Waals surface area contributed by atoms with Crippen LogP contribution >= 0.6 is 0 Å². The van der Waals surface area contributed by atoms with Crippen LogP contribution in [-0.4, -0.2) is 18.9 Å². The lowest BCUT2D eigenvalue weighted by Crippen LogP contribution is -2.18. The summed E-state index contributed by atoms with van der Waals surface area (Å²) in [6.07, 6.45) is 3.92. The second kappa shape index (κ2) is 5.67. The first-order valence-corrected chi connectivity index (χ1v) is 6.22. The summed E-state index contributed by atoms with van der Waals surface area (Å²) in [5.74, 6) is 0.434. The number of benzene rings is 1. The molecule has 0 fully saturated rings. The highest BCUT2D eigenvalue weighted by molar-refractivity contribution is 5.93. The van der Waals surface area contributed by atoms with Crippen molar-refractivity contribution < 1.29 is 9.53 Å². The van der Waals surface area contributed by atoms with E-state index in [9.17, 15) is 4.79 Å². The van der Waals surface area contributed by atoms with Gasteiger partial charge in [-0.2, -0.15) is 0 Å². The average Bonchev–Trinajstić information content (AvgIpc) is 2.38. The lowest BCUT2D eigenvalue weighted by Gasteiger charge is -2.17. The molecule has 1 amide bonds. The molecule has 0 spiro atoms. The van der Waals surface area contributed by atoms with Crippen LogP contribution in [0.25, 0.3) is 0 Å². The summed E-state index contributed by atoms with van der Waals surface area (Å²) >= 11 is 0. The molecule has 1 heterocycles. The number of methoxy groups -OCH3 is 1. The van der Waals surface area contributed by atoms with Gasteiger partial charge in [-0.15, -0.1) is 0 Å². The lowest BCUT2D eigenvalue weighted by molar-refractivity contribution is -0.116. The van der Waals surface area contributed by atoms with E-state index in [0.29, 0.717) is 18.7 Å². The van der Waals surface area contributed by atoms with E-state index in [1.807, 2.05) is 12.1 Å². The maximum absolute atomic E-state index is 11.2. The number of hydrogen-bond acceptors (Lipinski definition) is 3. The third kappa shape index (κ3) is 3.09. The predicted molar refractivity (Wildman–Crippen MR) is 71.1 cm³/mol. The zero-order valence-electron chi connectivity index (χ0n) is 10.6. The Morgan fingerprint density at radius 1 is 1.44 bits per heavy atom. The van der Waals surface area contributed by atoms with E-state index in [1.54, 1.807) is 0 Å². The van der Waals surface area contributed by atoms with Crippen molar-refractivity contribution in [3.05, 3.63) is 29.3 Å². The number of nitrogens with one attached hydrogen (secondary N) is 2. The van der Waals surface area contributed by atoms with Crippen molar-refractivity contribution in [1.29, 1.82) is 5.41 Å². The van der Waals surface area contributed by atoms with Gasteiger partial charge in [0.25, 0.3) is 0 Å². The van der Waals surface area contributed by atoms with Gasteiger partial charge in [0.2, 0.25) is 5.91 Å². The molecule has 0 unspecified atom stereocenters. The van der Waals surface area contributed by atoms with Gasteiger partial charge >= 0.3 is 0 Å². The van der Waals surface area contributed by atoms with Gasteiger partial charge in [0.15, 0.2) is 5.90 Å². The fraction of sp³-hybridized carbons (Fsp3) is 0.429. The van der Waals surface area contributed by atoms with Crippen LogP contribution in [0.5, 0.6) is 0 Å². The first kappa shape index (κ1) is 12.6. The van der Waals surface area contributed by atoms with E-state index in [4.69, 9.17) is 10.1 Å². The van der Waals surface area contributed by atoms with Crippen LogP contribution in [0.15, 0.2) is 18.2 Å². The number of carbonyl (C=O) groups excluding carboxylic acids is 1. The second-order valence-corrected chi connectivity index (χ2v) is 4.52. The van der Waals surface area contributed by atoms with Crippen LogP contribution in [0.3, 0.4) is 0 Å². The Hall–Kier alpha value is -1.84. The van der Waals surface area contributed by atoms with E-state index in [1.165, 1.54) is 18.2 Å². The Morgan fingerprint density at radius 2 is 2.28 bits per heavy atom. The van der Waals surface area contributed by atoms with E-state index in [-0.39, 0.29) is 5.91 Å². The zero-order valence-corrected chi connectivity index (χ0v) is 10.6. The number of hydrogen-bond donors (Lipinski definition) is 2. The number of aryl methyl sites for hydroxylation is 2. The van der Waals surface area contributed by atoms with Crippen molar-refractivity contribution >= 4 is 17.5 Å².